The molecular weight excluding hydrogens is 320 g/mol. The molecule has 3 rings (SSSR count). The van der Waals surface area contributed by atoms with Crippen LogP contribution in [0.1, 0.15) is 24.8 Å². The lowest BCUT2D eigenvalue weighted by atomic mass is 9.86. The Labute approximate surface area is 146 Å². The van der Waals surface area contributed by atoms with Gasteiger partial charge < -0.3 is 10.6 Å². The van der Waals surface area contributed by atoms with Crippen molar-refractivity contribution in [2.24, 2.45) is 5.92 Å². The predicted molar refractivity (Wildman–Crippen MR) is 97.7 cm³/mol. The van der Waals surface area contributed by atoms with Gasteiger partial charge in [0.25, 0.3) is 0 Å². The van der Waals surface area contributed by atoms with Crippen LogP contribution in [0.15, 0.2) is 53.7 Å². The van der Waals surface area contributed by atoms with Crippen molar-refractivity contribution in [2.75, 3.05) is 11.9 Å². The van der Waals surface area contributed by atoms with Gasteiger partial charge in [0.2, 0.25) is 0 Å². The molecule has 1 fully saturated rings. The van der Waals surface area contributed by atoms with Gasteiger partial charge in [0.1, 0.15) is 0 Å². The fourth-order valence-electron chi connectivity index (χ4n) is 2.44. The first-order valence-corrected chi connectivity index (χ1v) is 9.05. The molecule has 1 heterocycles. The fraction of sp³-hybridized carbons (Fsp3) is 0.333. The zero-order valence-electron chi connectivity index (χ0n) is 13.5. The Bertz CT molecular complexity index is 661. The summed E-state index contributed by atoms with van der Waals surface area (Å²) >= 11 is 1.62. The zero-order chi connectivity index (χ0) is 16.6. The molecule has 1 aliphatic carbocycles. The number of rotatable bonds is 7. The van der Waals surface area contributed by atoms with Crippen molar-refractivity contribution in [3.63, 3.8) is 0 Å². The van der Waals surface area contributed by atoms with E-state index in [0.717, 1.165) is 28.6 Å². The molecule has 6 heteroatoms. The largest absolute Gasteiger partial charge is 0.334 e. The van der Waals surface area contributed by atoms with Crippen LogP contribution in [-0.4, -0.2) is 17.6 Å². The van der Waals surface area contributed by atoms with Gasteiger partial charge in [-0.15, -0.1) is 0 Å². The third-order valence-corrected chi connectivity index (χ3v) is 4.88. The van der Waals surface area contributed by atoms with Crippen LogP contribution >= 0.6 is 11.9 Å². The number of hydrogen-bond donors (Lipinski definition) is 3. The van der Waals surface area contributed by atoms with Crippen LogP contribution in [-0.2, 0) is 6.54 Å². The second kappa shape index (κ2) is 8.70. The van der Waals surface area contributed by atoms with Crippen molar-refractivity contribution in [3.05, 3.63) is 54.4 Å². The summed E-state index contributed by atoms with van der Waals surface area (Å²) in [5, 5.41) is 5.71. The van der Waals surface area contributed by atoms with E-state index >= 15 is 0 Å². The summed E-state index contributed by atoms with van der Waals surface area (Å²) in [7, 11) is 0. The summed E-state index contributed by atoms with van der Waals surface area (Å²) in [4.78, 5) is 17.0. The van der Waals surface area contributed by atoms with Gasteiger partial charge in [-0.2, -0.15) is 0 Å². The summed E-state index contributed by atoms with van der Waals surface area (Å²) in [5.74, 6) is 0.831. The number of aromatic nitrogens is 1. The van der Waals surface area contributed by atoms with Gasteiger partial charge in [-0.05, 0) is 66.6 Å². The van der Waals surface area contributed by atoms with E-state index < -0.39 is 0 Å². The summed E-state index contributed by atoms with van der Waals surface area (Å²) in [5.41, 5.74) is 1.81. The summed E-state index contributed by atoms with van der Waals surface area (Å²) in [6, 6.07) is 11.4. The second-order valence-corrected chi connectivity index (χ2v) is 6.90. The highest BCUT2D eigenvalue weighted by Crippen LogP contribution is 2.27. The average Bonchev–Trinajstić information content (AvgIpc) is 2.57. The van der Waals surface area contributed by atoms with E-state index in [9.17, 15) is 4.79 Å². The maximum Gasteiger partial charge on any atom is 0.319 e. The third-order valence-electron chi connectivity index (χ3n) is 4.08. The van der Waals surface area contributed by atoms with Gasteiger partial charge in [0.15, 0.2) is 0 Å². The van der Waals surface area contributed by atoms with Gasteiger partial charge in [-0.1, -0.05) is 12.5 Å². The third kappa shape index (κ3) is 5.25. The Morgan fingerprint density at radius 2 is 2.04 bits per heavy atom. The van der Waals surface area contributed by atoms with Gasteiger partial charge in [-0.25, -0.2) is 4.79 Å². The number of benzene rings is 1. The molecule has 0 saturated heterocycles. The quantitative estimate of drug-likeness (QED) is 0.670. The Kier molecular flexibility index (Phi) is 6.09. The number of anilines is 1. The smallest absolute Gasteiger partial charge is 0.319 e. The minimum absolute atomic E-state index is 0.212. The highest BCUT2D eigenvalue weighted by Gasteiger charge is 2.16. The molecule has 24 heavy (non-hydrogen) atoms. The number of nitrogens with zero attached hydrogens (tertiary/aromatic N) is 1. The Morgan fingerprint density at radius 1 is 1.21 bits per heavy atom. The zero-order valence-corrected chi connectivity index (χ0v) is 14.3. The van der Waals surface area contributed by atoms with Crippen LogP contribution < -0.4 is 15.4 Å². The molecule has 0 radical (unpaired) electrons. The van der Waals surface area contributed by atoms with E-state index in [0.29, 0.717) is 6.54 Å². The molecule has 126 valence electrons. The molecule has 0 atom stereocenters. The van der Waals surface area contributed by atoms with E-state index in [1.807, 2.05) is 36.4 Å². The van der Waals surface area contributed by atoms with E-state index in [2.05, 4.69) is 20.3 Å². The molecule has 1 saturated carbocycles. The minimum atomic E-state index is -0.212. The maximum atomic E-state index is 12.0. The van der Waals surface area contributed by atoms with Gasteiger partial charge in [0.05, 0.1) is 0 Å². The van der Waals surface area contributed by atoms with Crippen LogP contribution in [0.2, 0.25) is 0 Å². The Morgan fingerprint density at radius 3 is 2.79 bits per heavy atom. The van der Waals surface area contributed by atoms with Crippen LogP contribution in [0.4, 0.5) is 10.5 Å². The number of amides is 2. The fourth-order valence-corrected chi connectivity index (χ4v) is 3.25. The predicted octanol–water partition coefficient (Wildman–Crippen LogP) is 3.80. The van der Waals surface area contributed by atoms with Crippen LogP contribution in [0.5, 0.6) is 0 Å². The normalized spacial score (nSPS) is 14.0. The average molecular weight is 342 g/mol. The van der Waals surface area contributed by atoms with Crippen molar-refractivity contribution >= 4 is 23.7 Å². The second-order valence-electron chi connectivity index (χ2n) is 5.94. The summed E-state index contributed by atoms with van der Waals surface area (Å²) in [6.45, 7) is 1.53. The van der Waals surface area contributed by atoms with Gasteiger partial charge in [0, 0.05) is 36.1 Å². The number of carbonyl (C=O) groups excluding carboxylic acids is 1. The highest BCUT2D eigenvalue weighted by molar-refractivity contribution is 7.97. The van der Waals surface area contributed by atoms with Gasteiger partial charge in [-0.3, -0.25) is 9.71 Å². The SMILES string of the molecule is O=C(NCc1ccncc1)Nc1cccc(SNCC2CCC2)c1. The molecule has 2 amide bonds. The minimum Gasteiger partial charge on any atom is -0.334 e. The number of nitrogens with one attached hydrogen (secondary N) is 3. The lowest BCUT2D eigenvalue weighted by molar-refractivity contribution is 0.251. The Hall–Kier alpha value is -2.05. The van der Waals surface area contributed by atoms with Crippen LogP contribution in [0.3, 0.4) is 0 Å². The number of urea groups is 1. The van der Waals surface area contributed by atoms with Crippen molar-refractivity contribution in [1.82, 2.24) is 15.0 Å². The number of hydrogen-bond acceptors (Lipinski definition) is 4. The summed E-state index contributed by atoms with van der Waals surface area (Å²) < 4.78 is 3.41. The molecule has 2 aromatic rings. The molecule has 5 nitrogen and oxygen atoms in total. The lowest BCUT2D eigenvalue weighted by Crippen LogP contribution is -2.28. The van der Waals surface area contributed by atoms with E-state index in [1.54, 1.807) is 24.3 Å². The van der Waals surface area contributed by atoms with E-state index in [-0.39, 0.29) is 6.03 Å². The number of pyridine rings is 1. The first-order chi connectivity index (χ1) is 11.8. The van der Waals surface area contributed by atoms with Crippen LogP contribution in [0.25, 0.3) is 0 Å². The van der Waals surface area contributed by atoms with Crippen LogP contribution in [0, 0.1) is 5.92 Å². The maximum absolute atomic E-state index is 12.0. The van der Waals surface area contributed by atoms with E-state index in [1.165, 1.54) is 19.3 Å². The molecule has 0 bridgehead atoms. The highest BCUT2D eigenvalue weighted by atomic mass is 32.2. The van der Waals surface area contributed by atoms with E-state index in [4.69, 9.17) is 0 Å². The molecule has 1 aromatic heterocycles. The molecule has 0 unspecified atom stereocenters. The number of carbonyl (C=O) groups is 1. The first kappa shape index (κ1) is 16.8. The van der Waals surface area contributed by atoms with Crippen molar-refractivity contribution < 1.29 is 4.79 Å². The monoisotopic (exact) mass is 342 g/mol. The molecular formula is C18H22N4OS. The standard InChI is InChI=1S/C18H22N4OS/c23-18(20-12-15-7-9-19-10-8-15)22-16-5-2-6-17(11-16)24-21-13-14-3-1-4-14/h2,5-11,14,21H,1,3-4,12-13H2,(H2,20,22,23). The van der Waals surface area contributed by atoms with Crippen molar-refractivity contribution in [3.8, 4) is 0 Å². The topological polar surface area (TPSA) is 66.0 Å². The molecule has 1 aromatic carbocycles. The Balaban J connectivity index is 1.43. The first-order valence-electron chi connectivity index (χ1n) is 8.23. The van der Waals surface area contributed by atoms with Gasteiger partial charge >= 0.3 is 6.03 Å². The molecule has 1 aliphatic rings. The molecule has 0 aliphatic heterocycles. The lowest BCUT2D eigenvalue weighted by Gasteiger charge is -2.25. The molecule has 0 spiro atoms. The van der Waals surface area contributed by atoms with Crippen molar-refractivity contribution in [1.29, 1.82) is 0 Å². The van der Waals surface area contributed by atoms with Crippen molar-refractivity contribution in [2.45, 2.75) is 30.7 Å². The summed E-state index contributed by atoms with van der Waals surface area (Å²) in [6.07, 6.45) is 7.48. The molecule has 3 N–H and O–H groups in total.